The third-order valence-electron chi connectivity index (χ3n) is 2.57. The predicted molar refractivity (Wildman–Crippen MR) is 64.0 cm³/mol. The molecule has 82 valence electrons. The Morgan fingerprint density at radius 3 is 3.07 bits per heavy atom. The standard InChI is InChI=1S/C10H15BrN4/c1-7-5-9(14-15-10(7)11)13-8-3-2-4-12-6-8/h5,8,12H,2-4,6H2,1H3,(H,13,14)/t8-/m1/s1. The van der Waals surface area contributed by atoms with E-state index in [1.807, 2.05) is 13.0 Å². The van der Waals surface area contributed by atoms with E-state index >= 15 is 0 Å². The predicted octanol–water partition coefficient (Wildman–Crippen LogP) is 1.71. The fraction of sp³-hybridized carbons (Fsp3) is 0.600. The largest absolute Gasteiger partial charge is 0.365 e. The van der Waals surface area contributed by atoms with Gasteiger partial charge < -0.3 is 10.6 Å². The summed E-state index contributed by atoms with van der Waals surface area (Å²) in [6.45, 7) is 4.16. The van der Waals surface area contributed by atoms with Gasteiger partial charge in [-0.1, -0.05) is 0 Å². The van der Waals surface area contributed by atoms with E-state index in [0.29, 0.717) is 6.04 Å². The normalized spacial score (nSPS) is 21.3. The van der Waals surface area contributed by atoms with Crippen LogP contribution in [0.25, 0.3) is 0 Å². The highest BCUT2D eigenvalue weighted by molar-refractivity contribution is 9.10. The van der Waals surface area contributed by atoms with Crippen LogP contribution in [0.4, 0.5) is 5.82 Å². The number of piperidine rings is 1. The van der Waals surface area contributed by atoms with Crippen molar-refractivity contribution in [1.29, 1.82) is 0 Å². The zero-order chi connectivity index (χ0) is 10.7. The topological polar surface area (TPSA) is 49.8 Å². The molecule has 0 amide bonds. The maximum Gasteiger partial charge on any atom is 0.149 e. The highest BCUT2D eigenvalue weighted by atomic mass is 79.9. The highest BCUT2D eigenvalue weighted by Crippen LogP contribution is 2.16. The van der Waals surface area contributed by atoms with Gasteiger partial charge in [0.05, 0.1) is 0 Å². The minimum absolute atomic E-state index is 0.480. The van der Waals surface area contributed by atoms with Gasteiger partial charge in [0.1, 0.15) is 10.4 Å². The number of hydrogen-bond donors (Lipinski definition) is 2. The lowest BCUT2D eigenvalue weighted by Crippen LogP contribution is -2.38. The first-order valence-corrected chi connectivity index (χ1v) is 6.02. The van der Waals surface area contributed by atoms with E-state index in [0.717, 1.165) is 29.1 Å². The van der Waals surface area contributed by atoms with Gasteiger partial charge in [-0.2, -0.15) is 0 Å². The first-order valence-electron chi connectivity index (χ1n) is 5.23. The van der Waals surface area contributed by atoms with Crippen molar-refractivity contribution in [3.05, 3.63) is 16.2 Å². The third kappa shape index (κ3) is 2.89. The van der Waals surface area contributed by atoms with Gasteiger partial charge in [-0.05, 0) is 53.9 Å². The van der Waals surface area contributed by atoms with Crippen LogP contribution in [0.2, 0.25) is 0 Å². The van der Waals surface area contributed by atoms with Crippen LogP contribution in [0.1, 0.15) is 18.4 Å². The molecule has 4 nitrogen and oxygen atoms in total. The van der Waals surface area contributed by atoms with Crippen LogP contribution in [0.3, 0.4) is 0 Å². The molecule has 1 aromatic rings. The maximum atomic E-state index is 4.10. The second kappa shape index (κ2) is 4.90. The Morgan fingerprint density at radius 2 is 2.40 bits per heavy atom. The second-order valence-electron chi connectivity index (χ2n) is 3.89. The molecular formula is C10H15BrN4. The highest BCUT2D eigenvalue weighted by Gasteiger charge is 2.13. The average Bonchev–Trinajstić information content (AvgIpc) is 2.25. The SMILES string of the molecule is Cc1cc(N[C@@H]2CCCNC2)nnc1Br. The first-order chi connectivity index (χ1) is 7.25. The van der Waals surface area contributed by atoms with Gasteiger partial charge in [-0.3, -0.25) is 0 Å². The van der Waals surface area contributed by atoms with Gasteiger partial charge in [-0.25, -0.2) is 0 Å². The molecule has 1 aliphatic rings. The van der Waals surface area contributed by atoms with Crippen LogP contribution in [0.5, 0.6) is 0 Å². The monoisotopic (exact) mass is 270 g/mol. The van der Waals surface area contributed by atoms with Crippen molar-refractivity contribution >= 4 is 21.7 Å². The van der Waals surface area contributed by atoms with Crippen LogP contribution in [0.15, 0.2) is 10.7 Å². The zero-order valence-corrected chi connectivity index (χ0v) is 10.3. The number of aryl methyl sites for hydroxylation is 1. The van der Waals surface area contributed by atoms with Gasteiger partial charge in [-0.15, -0.1) is 10.2 Å². The van der Waals surface area contributed by atoms with Crippen molar-refractivity contribution in [2.45, 2.75) is 25.8 Å². The molecule has 2 N–H and O–H groups in total. The van der Waals surface area contributed by atoms with E-state index in [1.165, 1.54) is 12.8 Å². The van der Waals surface area contributed by atoms with Crippen molar-refractivity contribution in [1.82, 2.24) is 15.5 Å². The summed E-state index contributed by atoms with van der Waals surface area (Å²) >= 11 is 3.34. The number of aromatic nitrogens is 2. The number of anilines is 1. The molecule has 2 heterocycles. The van der Waals surface area contributed by atoms with Crippen molar-refractivity contribution in [3.8, 4) is 0 Å². The van der Waals surface area contributed by atoms with Crippen LogP contribution < -0.4 is 10.6 Å². The average molecular weight is 271 g/mol. The molecule has 1 fully saturated rings. The van der Waals surface area contributed by atoms with Crippen LogP contribution >= 0.6 is 15.9 Å². The Hall–Kier alpha value is -0.680. The number of nitrogens with one attached hydrogen (secondary N) is 2. The summed E-state index contributed by atoms with van der Waals surface area (Å²) < 4.78 is 0.815. The molecule has 0 unspecified atom stereocenters. The minimum atomic E-state index is 0.480. The molecule has 0 aromatic carbocycles. The lowest BCUT2D eigenvalue weighted by atomic mass is 10.1. The molecule has 2 rings (SSSR count). The van der Waals surface area contributed by atoms with Gasteiger partial charge >= 0.3 is 0 Å². The van der Waals surface area contributed by atoms with Crippen molar-refractivity contribution in [3.63, 3.8) is 0 Å². The summed E-state index contributed by atoms with van der Waals surface area (Å²) in [4.78, 5) is 0. The van der Waals surface area contributed by atoms with Crippen LogP contribution in [-0.4, -0.2) is 29.3 Å². The molecule has 0 radical (unpaired) electrons. The molecule has 1 atom stereocenters. The molecule has 0 saturated carbocycles. The number of rotatable bonds is 2. The molecule has 15 heavy (non-hydrogen) atoms. The van der Waals surface area contributed by atoms with Crippen molar-refractivity contribution in [2.75, 3.05) is 18.4 Å². The van der Waals surface area contributed by atoms with Crippen LogP contribution in [0, 0.1) is 6.92 Å². The lowest BCUT2D eigenvalue weighted by molar-refractivity contribution is 0.478. The van der Waals surface area contributed by atoms with E-state index < -0.39 is 0 Å². The van der Waals surface area contributed by atoms with Gasteiger partial charge in [0.25, 0.3) is 0 Å². The Morgan fingerprint density at radius 1 is 1.53 bits per heavy atom. The quantitative estimate of drug-likeness (QED) is 0.859. The van der Waals surface area contributed by atoms with E-state index in [2.05, 4.69) is 36.8 Å². The number of nitrogens with zero attached hydrogens (tertiary/aromatic N) is 2. The van der Waals surface area contributed by atoms with Crippen molar-refractivity contribution < 1.29 is 0 Å². The summed E-state index contributed by atoms with van der Waals surface area (Å²) in [5.74, 6) is 0.865. The summed E-state index contributed by atoms with van der Waals surface area (Å²) in [6, 6.07) is 2.50. The molecule has 1 aromatic heterocycles. The fourth-order valence-electron chi connectivity index (χ4n) is 1.72. The van der Waals surface area contributed by atoms with Gasteiger partial charge in [0.2, 0.25) is 0 Å². The Balaban J connectivity index is 2.00. The summed E-state index contributed by atoms with van der Waals surface area (Å²) in [5, 5.41) is 14.9. The second-order valence-corrected chi connectivity index (χ2v) is 4.64. The van der Waals surface area contributed by atoms with Gasteiger partial charge in [0, 0.05) is 12.6 Å². The Bertz CT molecular complexity index is 336. The molecular weight excluding hydrogens is 256 g/mol. The molecule has 1 saturated heterocycles. The third-order valence-corrected chi connectivity index (χ3v) is 3.36. The lowest BCUT2D eigenvalue weighted by Gasteiger charge is -2.24. The summed E-state index contributed by atoms with van der Waals surface area (Å²) in [7, 11) is 0. The fourth-order valence-corrected chi connectivity index (χ4v) is 1.92. The molecule has 0 aliphatic carbocycles. The molecule has 0 bridgehead atoms. The Labute approximate surface area is 98.0 Å². The van der Waals surface area contributed by atoms with E-state index in [-0.39, 0.29) is 0 Å². The number of hydrogen-bond acceptors (Lipinski definition) is 4. The van der Waals surface area contributed by atoms with Crippen molar-refractivity contribution in [2.24, 2.45) is 0 Å². The molecule has 5 heteroatoms. The minimum Gasteiger partial charge on any atom is -0.365 e. The summed E-state index contributed by atoms with van der Waals surface area (Å²) in [6.07, 6.45) is 2.42. The van der Waals surface area contributed by atoms with E-state index in [1.54, 1.807) is 0 Å². The first kappa shape index (κ1) is 10.8. The number of halogens is 1. The molecule has 1 aliphatic heterocycles. The van der Waals surface area contributed by atoms with E-state index in [9.17, 15) is 0 Å². The van der Waals surface area contributed by atoms with Gasteiger partial charge in [0.15, 0.2) is 0 Å². The summed E-state index contributed by atoms with van der Waals surface area (Å²) in [5.41, 5.74) is 1.11. The van der Waals surface area contributed by atoms with E-state index in [4.69, 9.17) is 0 Å². The zero-order valence-electron chi connectivity index (χ0n) is 8.76. The Kier molecular flexibility index (Phi) is 3.53. The molecule has 0 spiro atoms. The maximum absolute atomic E-state index is 4.10. The smallest absolute Gasteiger partial charge is 0.149 e. The van der Waals surface area contributed by atoms with Crippen LogP contribution in [-0.2, 0) is 0 Å².